The Balaban J connectivity index is 2.06. The van der Waals surface area contributed by atoms with Crippen LogP contribution in [-0.2, 0) is 23.3 Å². The number of carbonyl (C=O) groups excluding carboxylic acids is 1. The van der Waals surface area contributed by atoms with Crippen molar-refractivity contribution in [2.75, 3.05) is 5.75 Å². The van der Waals surface area contributed by atoms with Crippen molar-refractivity contribution in [3.8, 4) is 0 Å². The number of thiazole rings is 1. The molecular weight excluding hydrogens is 368 g/mol. The Hall–Kier alpha value is -2.25. The number of sulfone groups is 1. The minimum Gasteiger partial charge on any atom is -0.319 e. The lowest BCUT2D eigenvalue weighted by molar-refractivity contribution is 0.0997. The number of hydrogen-bond acceptors (Lipinski definition) is 4. The highest BCUT2D eigenvalue weighted by molar-refractivity contribution is 7.91. The highest BCUT2D eigenvalue weighted by atomic mass is 32.2. The molecule has 0 saturated heterocycles. The second kappa shape index (κ2) is 7.17. The first-order valence-corrected chi connectivity index (χ1v) is 10.8. The summed E-state index contributed by atoms with van der Waals surface area (Å²) in [6.45, 7) is 3.68. The molecule has 7 heteroatoms. The zero-order valence-corrected chi connectivity index (χ0v) is 16.5. The summed E-state index contributed by atoms with van der Waals surface area (Å²) in [5, 5.41) is 0. The van der Waals surface area contributed by atoms with Crippen molar-refractivity contribution >= 4 is 37.3 Å². The lowest BCUT2D eigenvalue weighted by Crippen LogP contribution is -2.13. The highest BCUT2D eigenvalue weighted by Crippen LogP contribution is 2.19. The Morgan fingerprint density at radius 1 is 1.15 bits per heavy atom. The topological polar surface area (TPSA) is 68.5 Å². The summed E-state index contributed by atoms with van der Waals surface area (Å²) < 4.78 is 27.0. The number of fused-ring (bicyclic) bond motifs is 1. The first-order chi connectivity index (χ1) is 12.4. The third-order valence-corrected chi connectivity index (χ3v) is 7.13. The van der Waals surface area contributed by atoms with Crippen LogP contribution in [0.2, 0.25) is 0 Å². The minimum absolute atomic E-state index is 0.00712. The molecule has 2 aromatic carbocycles. The SMILES string of the molecule is CCc1ccc2c(c1)sc(=NC(=O)c1cccc(S(=O)(=O)CC)c1)n2C. The largest absolute Gasteiger partial charge is 0.319 e. The molecule has 0 bridgehead atoms. The lowest BCUT2D eigenvalue weighted by atomic mass is 10.2. The van der Waals surface area contributed by atoms with Crippen LogP contribution in [0.3, 0.4) is 0 Å². The second-order valence-corrected chi connectivity index (χ2v) is 9.23. The third kappa shape index (κ3) is 3.50. The molecule has 0 aliphatic rings. The first kappa shape index (κ1) is 18.5. The van der Waals surface area contributed by atoms with Gasteiger partial charge >= 0.3 is 0 Å². The molecule has 1 aromatic heterocycles. The predicted octanol–water partition coefficient (Wildman–Crippen LogP) is 3.34. The fraction of sp³-hybridized carbons (Fsp3) is 0.263. The smallest absolute Gasteiger partial charge is 0.279 e. The Morgan fingerprint density at radius 2 is 1.92 bits per heavy atom. The van der Waals surface area contributed by atoms with E-state index in [4.69, 9.17) is 0 Å². The number of aryl methyl sites for hydroxylation is 2. The minimum atomic E-state index is -3.36. The molecule has 0 N–H and O–H groups in total. The summed E-state index contributed by atoms with van der Waals surface area (Å²) in [4.78, 5) is 17.5. The van der Waals surface area contributed by atoms with Crippen LogP contribution in [0.1, 0.15) is 29.8 Å². The molecular formula is C19H20N2O3S2. The summed E-state index contributed by atoms with van der Waals surface area (Å²) in [6, 6.07) is 12.3. The summed E-state index contributed by atoms with van der Waals surface area (Å²) in [5.41, 5.74) is 2.52. The number of nitrogens with zero attached hydrogens (tertiary/aromatic N) is 2. The van der Waals surface area contributed by atoms with Crippen molar-refractivity contribution in [3.05, 3.63) is 58.4 Å². The van der Waals surface area contributed by atoms with E-state index in [1.54, 1.807) is 19.1 Å². The number of rotatable bonds is 4. The number of hydrogen-bond donors (Lipinski definition) is 0. The van der Waals surface area contributed by atoms with Gasteiger partial charge in [-0.15, -0.1) is 0 Å². The quantitative estimate of drug-likeness (QED) is 0.688. The monoisotopic (exact) mass is 388 g/mol. The Kier molecular flexibility index (Phi) is 5.11. The molecule has 26 heavy (non-hydrogen) atoms. The number of amides is 1. The zero-order valence-electron chi connectivity index (χ0n) is 14.9. The normalized spacial score (nSPS) is 12.7. The van der Waals surface area contributed by atoms with Gasteiger partial charge in [-0.05, 0) is 42.3 Å². The van der Waals surface area contributed by atoms with Crippen molar-refractivity contribution in [2.24, 2.45) is 12.0 Å². The number of aromatic nitrogens is 1. The van der Waals surface area contributed by atoms with Crippen molar-refractivity contribution < 1.29 is 13.2 Å². The summed E-state index contributed by atoms with van der Waals surface area (Å²) in [5.74, 6) is -0.455. The van der Waals surface area contributed by atoms with Crippen molar-refractivity contribution in [2.45, 2.75) is 25.2 Å². The molecule has 5 nitrogen and oxygen atoms in total. The van der Waals surface area contributed by atoms with Gasteiger partial charge in [-0.25, -0.2) is 8.42 Å². The van der Waals surface area contributed by atoms with Gasteiger partial charge in [0.1, 0.15) is 0 Å². The molecule has 0 spiro atoms. The maximum absolute atomic E-state index is 12.6. The van der Waals surface area contributed by atoms with Gasteiger partial charge in [-0.1, -0.05) is 37.3 Å². The molecule has 0 aliphatic carbocycles. The van der Waals surface area contributed by atoms with E-state index in [-0.39, 0.29) is 16.2 Å². The molecule has 0 fully saturated rings. The number of carbonyl (C=O) groups is 1. The van der Waals surface area contributed by atoms with E-state index in [9.17, 15) is 13.2 Å². The highest BCUT2D eigenvalue weighted by Gasteiger charge is 2.14. The molecule has 3 rings (SSSR count). The van der Waals surface area contributed by atoms with Gasteiger partial charge in [0.2, 0.25) is 0 Å². The van der Waals surface area contributed by atoms with E-state index in [0.717, 1.165) is 16.6 Å². The van der Waals surface area contributed by atoms with E-state index >= 15 is 0 Å². The Labute approximate surface area is 156 Å². The average molecular weight is 389 g/mol. The molecule has 1 heterocycles. The van der Waals surface area contributed by atoms with Crippen LogP contribution in [0.4, 0.5) is 0 Å². The summed E-state index contributed by atoms with van der Waals surface area (Å²) in [6.07, 6.45) is 0.946. The molecule has 0 radical (unpaired) electrons. The van der Waals surface area contributed by atoms with Gasteiger partial charge in [0.05, 0.1) is 20.9 Å². The Morgan fingerprint density at radius 3 is 2.62 bits per heavy atom. The first-order valence-electron chi connectivity index (χ1n) is 8.36. The van der Waals surface area contributed by atoms with E-state index in [2.05, 4.69) is 24.0 Å². The van der Waals surface area contributed by atoms with Crippen molar-refractivity contribution in [1.82, 2.24) is 4.57 Å². The standard InChI is InChI=1S/C19H20N2O3S2/c1-4-13-9-10-16-17(11-13)25-19(21(16)3)20-18(22)14-7-6-8-15(12-14)26(23,24)5-2/h6-12H,4-5H2,1-3H3. The molecule has 3 aromatic rings. The van der Waals surface area contributed by atoms with Crippen LogP contribution in [-0.4, -0.2) is 24.6 Å². The summed E-state index contributed by atoms with van der Waals surface area (Å²) in [7, 11) is -1.49. The van der Waals surface area contributed by atoms with Crippen molar-refractivity contribution in [1.29, 1.82) is 0 Å². The molecule has 0 unspecified atom stereocenters. The maximum atomic E-state index is 12.6. The van der Waals surface area contributed by atoms with Gasteiger partial charge in [-0.3, -0.25) is 4.79 Å². The lowest BCUT2D eigenvalue weighted by Gasteiger charge is -2.02. The van der Waals surface area contributed by atoms with E-state index in [1.807, 2.05) is 17.7 Å². The molecule has 0 aliphatic heterocycles. The van der Waals surface area contributed by atoms with Gasteiger partial charge in [0.25, 0.3) is 5.91 Å². The average Bonchev–Trinajstić information content (AvgIpc) is 2.96. The molecule has 136 valence electrons. The van der Waals surface area contributed by atoms with Crippen LogP contribution in [0.25, 0.3) is 10.2 Å². The van der Waals surface area contributed by atoms with Gasteiger partial charge in [0, 0.05) is 12.6 Å². The van der Waals surface area contributed by atoms with E-state index < -0.39 is 15.7 Å². The Bertz CT molecular complexity index is 1150. The molecule has 0 saturated carbocycles. The summed E-state index contributed by atoms with van der Waals surface area (Å²) >= 11 is 1.45. The fourth-order valence-corrected chi connectivity index (χ4v) is 4.65. The van der Waals surface area contributed by atoms with Crippen LogP contribution in [0.15, 0.2) is 52.4 Å². The van der Waals surface area contributed by atoms with Crippen LogP contribution < -0.4 is 4.80 Å². The molecule has 1 amide bonds. The van der Waals surface area contributed by atoms with Gasteiger partial charge < -0.3 is 4.57 Å². The van der Waals surface area contributed by atoms with Crippen LogP contribution in [0, 0.1) is 0 Å². The second-order valence-electron chi connectivity index (χ2n) is 5.95. The molecule has 0 atom stereocenters. The van der Waals surface area contributed by atoms with Gasteiger partial charge in [-0.2, -0.15) is 4.99 Å². The number of benzene rings is 2. The van der Waals surface area contributed by atoms with E-state index in [0.29, 0.717) is 4.80 Å². The van der Waals surface area contributed by atoms with E-state index in [1.165, 1.54) is 29.0 Å². The fourth-order valence-electron chi connectivity index (χ4n) is 2.65. The predicted molar refractivity (Wildman–Crippen MR) is 104 cm³/mol. The maximum Gasteiger partial charge on any atom is 0.279 e. The zero-order chi connectivity index (χ0) is 18.9. The van der Waals surface area contributed by atoms with Crippen LogP contribution >= 0.6 is 11.3 Å². The van der Waals surface area contributed by atoms with Crippen LogP contribution in [0.5, 0.6) is 0 Å². The van der Waals surface area contributed by atoms with Gasteiger partial charge in [0.15, 0.2) is 14.6 Å². The third-order valence-electron chi connectivity index (χ3n) is 4.30. The van der Waals surface area contributed by atoms with Crippen molar-refractivity contribution in [3.63, 3.8) is 0 Å².